The zero-order valence-electron chi connectivity index (χ0n) is 8.13. The molecular formula is C9H19NO2. The lowest BCUT2D eigenvalue weighted by Gasteiger charge is -2.13. The summed E-state index contributed by atoms with van der Waals surface area (Å²) in [5.41, 5.74) is 0. The summed E-state index contributed by atoms with van der Waals surface area (Å²) in [4.78, 5) is 11.3. The molecule has 72 valence electrons. The molecule has 0 spiro atoms. The lowest BCUT2D eigenvalue weighted by molar-refractivity contribution is -0.125. The Hall–Kier alpha value is -0.570. The van der Waals surface area contributed by atoms with Gasteiger partial charge < -0.3 is 10.4 Å². The summed E-state index contributed by atoms with van der Waals surface area (Å²) in [6.07, 6.45) is 1.27. The highest BCUT2D eigenvalue weighted by Gasteiger charge is 2.13. The van der Waals surface area contributed by atoms with Gasteiger partial charge in [-0.05, 0) is 19.8 Å². The molecule has 0 aliphatic rings. The quantitative estimate of drug-likeness (QED) is 0.649. The highest BCUT2D eigenvalue weighted by molar-refractivity contribution is 5.78. The topological polar surface area (TPSA) is 49.3 Å². The van der Waals surface area contributed by atoms with Crippen molar-refractivity contribution in [1.82, 2.24) is 5.32 Å². The predicted octanol–water partition coefficient (Wildman–Crippen LogP) is 0.920. The zero-order chi connectivity index (χ0) is 9.56. The van der Waals surface area contributed by atoms with E-state index in [0.717, 1.165) is 12.8 Å². The maximum atomic E-state index is 11.3. The van der Waals surface area contributed by atoms with E-state index in [2.05, 4.69) is 5.32 Å². The summed E-state index contributed by atoms with van der Waals surface area (Å²) in [5.74, 6) is 0.157. The molecule has 0 aliphatic carbocycles. The number of nitrogens with one attached hydrogen (secondary N) is 1. The number of rotatable bonds is 5. The fourth-order valence-corrected chi connectivity index (χ4v) is 1.05. The SMILES string of the molecule is CCC(CC)C(=O)NC[C@H](C)O. The first-order valence-corrected chi connectivity index (χ1v) is 4.57. The smallest absolute Gasteiger partial charge is 0.223 e. The molecular weight excluding hydrogens is 154 g/mol. The molecule has 0 fully saturated rings. The van der Waals surface area contributed by atoms with Gasteiger partial charge >= 0.3 is 0 Å². The minimum atomic E-state index is -0.455. The number of aliphatic hydroxyl groups is 1. The van der Waals surface area contributed by atoms with Crippen molar-refractivity contribution in [3.8, 4) is 0 Å². The molecule has 3 nitrogen and oxygen atoms in total. The van der Waals surface area contributed by atoms with E-state index < -0.39 is 6.10 Å². The molecule has 0 bridgehead atoms. The van der Waals surface area contributed by atoms with Crippen molar-refractivity contribution >= 4 is 5.91 Å². The van der Waals surface area contributed by atoms with Crippen LogP contribution < -0.4 is 5.32 Å². The van der Waals surface area contributed by atoms with E-state index in [0.29, 0.717) is 6.54 Å². The molecule has 0 rings (SSSR count). The first-order valence-electron chi connectivity index (χ1n) is 4.57. The third-order valence-electron chi connectivity index (χ3n) is 1.93. The normalized spacial score (nSPS) is 13.1. The average Bonchev–Trinajstić information content (AvgIpc) is 2.03. The van der Waals surface area contributed by atoms with E-state index in [1.54, 1.807) is 6.92 Å². The lowest BCUT2D eigenvalue weighted by atomic mass is 10.0. The van der Waals surface area contributed by atoms with Crippen molar-refractivity contribution < 1.29 is 9.90 Å². The fraction of sp³-hybridized carbons (Fsp3) is 0.889. The molecule has 0 aromatic rings. The largest absolute Gasteiger partial charge is 0.392 e. The number of carbonyl (C=O) groups excluding carboxylic acids is 1. The third kappa shape index (κ3) is 4.34. The highest BCUT2D eigenvalue weighted by Crippen LogP contribution is 2.06. The van der Waals surface area contributed by atoms with E-state index in [9.17, 15) is 4.79 Å². The molecule has 0 saturated carbocycles. The average molecular weight is 173 g/mol. The molecule has 0 aromatic carbocycles. The van der Waals surface area contributed by atoms with Gasteiger partial charge in [0.15, 0.2) is 0 Å². The van der Waals surface area contributed by atoms with Gasteiger partial charge in [-0.2, -0.15) is 0 Å². The van der Waals surface area contributed by atoms with Gasteiger partial charge in [0.05, 0.1) is 6.10 Å². The number of aliphatic hydroxyl groups excluding tert-OH is 1. The Bertz CT molecular complexity index is 130. The molecule has 2 N–H and O–H groups in total. The fourth-order valence-electron chi connectivity index (χ4n) is 1.05. The molecule has 0 saturated heterocycles. The second-order valence-corrected chi connectivity index (χ2v) is 3.11. The van der Waals surface area contributed by atoms with Crippen molar-refractivity contribution in [1.29, 1.82) is 0 Å². The van der Waals surface area contributed by atoms with Crippen molar-refractivity contribution in [2.45, 2.75) is 39.7 Å². The van der Waals surface area contributed by atoms with E-state index in [1.165, 1.54) is 0 Å². The molecule has 0 unspecified atom stereocenters. The molecule has 0 aromatic heterocycles. The first-order chi connectivity index (χ1) is 5.61. The summed E-state index contributed by atoms with van der Waals surface area (Å²) in [6.45, 7) is 6.01. The molecule has 1 atom stereocenters. The maximum absolute atomic E-state index is 11.3. The monoisotopic (exact) mass is 173 g/mol. The third-order valence-corrected chi connectivity index (χ3v) is 1.93. The molecule has 12 heavy (non-hydrogen) atoms. The van der Waals surface area contributed by atoms with Gasteiger partial charge in [0.2, 0.25) is 5.91 Å². The van der Waals surface area contributed by atoms with Crippen LogP contribution in [0.15, 0.2) is 0 Å². The minimum absolute atomic E-state index is 0.0564. The summed E-state index contributed by atoms with van der Waals surface area (Å²) >= 11 is 0. The van der Waals surface area contributed by atoms with E-state index in [4.69, 9.17) is 5.11 Å². The van der Waals surface area contributed by atoms with Crippen LogP contribution in [-0.4, -0.2) is 23.7 Å². The number of hydrogen-bond donors (Lipinski definition) is 2. The summed E-state index contributed by atoms with van der Waals surface area (Å²) < 4.78 is 0. The molecule has 1 amide bonds. The van der Waals surface area contributed by atoms with Crippen LogP contribution in [0.1, 0.15) is 33.6 Å². The molecule has 3 heteroatoms. The number of carbonyl (C=O) groups is 1. The van der Waals surface area contributed by atoms with E-state index >= 15 is 0 Å². The van der Waals surface area contributed by atoms with Crippen LogP contribution in [-0.2, 0) is 4.79 Å². The Morgan fingerprint density at radius 1 is 1.42 bits per heavy atom. The van der Waals surface area contributed by atoms with Crippen LogP contribution in [0, 0.1) is 5.92 Å². The predicted molar refractivity (Wildman–Crippen MR) is 48.8 cm³/mol. The number of amides is 1. The lowest BCUT2D eigenvalue weighted by Crippen LogP contribution is -2.35. The van der Waals surface area contributed by atoms with Crippen molar-refractivity contribution in [2.75, 3.05) is 6.54 Å². The van der Waals surface area contributed by atoms with Gasteiger partial charge in [0.1, 0.15) is 0 Å². The maximum Gasteiger partial charge on any atom is 0.223 e. The van der Waals surface area contributed by atoms with Crippen LogP contribution in [0.4, 0.5) is 0 Å². The van der Waals surface area contributed by atoms with E-state index in [-0.39, 0.29) is 11.8 Å². The highest BCUT2D eigenvalue weighted by atomic mass is 16.3. The summed E-state index contributed by atoms with van der Waals surface area (Å²) in [5, 5.41) is 11.6. The Balaban J connectivity index is 3.69. The van der Waals surface area contributed by atoms with Crippen molar-refractivity contribution in [3.05, 3.63) is 0 Å². The Kier molecular flexibility index (Phi) is 5.72. The van der Waals surface area contributed by atoms with Gasteiger partial charge in [0.25, 0.3) is 0 Å². The Morgan fingerprint density at radius 2 is 1.92 bits per heavy atom. The van der Waals surface area contributed by atoms with Gasteiger partial charge in [-0.1, -0.05) is 13.8 Å². The van der Waals surface area contributed by atoms with E-state index in [1.807, 2.05) is 13.8 Å². The van der Waals surface area contributed by atoms with Crippen LogP contribution in [0.5, 0.6) is 0 Å². The molecule has 0 heterocycles. The van der Waals surface area contributed by atoms with Crippen LogP contribution in [0.2, 0.25) is 0 Å². The Morgan fingerprint density at radius 3 is 2.25 bits per heavy atom. The number of hydrogen-bond acceptors (Lipinski definition) is 2. The van der Waals surface area contributed by atoms with Gasteiger partial charge in [-0.3, -0.25) is 4.79 Å². The standard InChI is InChI=1S/C9H19NO2/c1-4-8(5-2)9(12)10-6-7(3)11/h7-8,11H,4-6H2,1-3H3,(H,10,12)/t7-/m0/s1. The van der Waals surface area contributed by atoms with Crippen molar-refractivity contribution in [3.63, 3.8) is 0 Å². The second-order valence-electron chi connectivity index (χ2n) is 3.11. The van der Waals surface area contributed by atoms with Gasteiger partial charge in [-0.25, -0.2) is 0 Å². The zero-order valence-corrected chi connectivity index (χ0v) is 8.13. The Labute approximate surface area is 74.2 Å². The second kappa shape index (κ2) is 6.00. The van der Waals surface area contributed by atoms with Gasteiger partial charge in [0, 0.05) is 12.5 Å². The molecule has 0 aliphatic heterocycles. The summed E-state index contributed by atoms with van der Waals surface area (Å²) in [7, 11) is 0. The van der Waals surface area contributed by atoms with Crippen LogP contribution >= 0.6 is 0 Å². The van der Waals surface area contributed by atoms with Gasteiger partial charge in [-0.15, -0.1) is 0 Å². The van der Waals surface area contributed by atoms with Crippen LogP contribution in [0.3, 0.4) is 0 Å². The minimum Gasteiger partial charge on any atom is -0.392 e. The summed E-state index contributed by atoms with van der Waals surface area (Å²) in [6, 6.07) is 0. The molecule has 0 radical (unpaired) electrons. The van der Waals surface area contributed by atoms with Crippen LogP contribution in [0.25, 0.3) is 0 Å². The van der Waals surface area contributed by atoms with Crippen molar-refractivity contribution in [2.24, 2.45) is 5.92 Å². The first kappa shape index (κ1) is 11.4.